The monoisotopic (exact) mass is 420 g/mol. The van der Waals surface area contributed by atoms with Crippen molar-refractivity contribution in [3.63, 3.8) is 0 Å². The second kappa shape index (κ2) is 6.74. The number of phenolic OH excluding ortho intramolecular Hbond substituents is 2. The van der Waals surface area contributed by atoms with Crippen LogP contribution in [0.25, 0.3) is 21.5 Å². The van der Waals surface area contributed by atoms with Crippen molar-refractivity contribution in [2.45, 2.75) is 5.60 Å². The van der Waals surface area contributed by atoms with Crippen molar-refractivity contribution in [1.82, 2.24) is 0 Å². The molecule has 0 bridgehead atoms. The Balaban J connectivity index is 1.77. The molecule has 0 saturated heterocycles. The van der Waals surface area contributed by atoms with Crippen molar-refractivity contribution in [2.75, 3.05) is 7.11 Å². The Hall–Kier alpha value is -4.02. The van der Waals surface area contributed by atoms with Crippen LogP contribution in [-0.4, -0.2) is 17.3 Å². The van der Waals surface area contributed by atoms with E-state index in [4.69, 9.17) is 9.47 Å². The lowest BCUT2D eigenvalue weighted by molar-refractivity contribution is 0.0502. The van der Waals surface area contributed by atoms with Gasteiger partial charge in [-0.3, -0.25) is 0 Å². The van der Waals surface area contributed by atoms with Crippen LogP contribution in [0.1, 0.15) is 16.7 Å². The summed E-state index contributed by atoms with van der Waals surface area (Å²) in [5.74, 6) is 1.73. The third-order valence-corrected chi connectivity index (χ3v) is 6.38. The number of hydrogen-bond acceptors (Lipinski definition) is 4. The summed E-state index contributed by atoms with van der Waals surface area (Å²) < 4.78 is 12.8. The Morgan fingerprint density at radius 3 is 1.69 bits per heavy atom. The summed E-state index contributed by atoms with van der Waals surface area (Å²) in [6, 6.07) is 28.6. The van der Waals surface area contributed by atoms with Crippen LogP contribution >= 0.6 is 0 Å². The lowest BCUT2D eigenvalue weighted by Crippen LogP contribution is -2.34. The summed E-state index contributed by atoms with van der Waals surface area (Å²) in [6.07, 6.45) is 0. The molecular weight excluding hydrogens is 400 g/mol. The molecule has 156 valence electrons. The van der Waals surface area contributed by atoms with Crippen molar-refractivity contribution in [1.29, 1.82) is 0 Å². The minimum atomic E-state index is -0.989. The number of fused-ring (bicyclic) bond motifs is 4. The number of aromatic hydroxyl groups is 2. The number of benzene rings is 5. The standard InChI is InChI=1S/C28H20O4/c1-31-28(19-9-3-2-4-10-19)22-15-20-17(7-5-11-24(20)29)13-26(22)32-27-14-18-8-6-12-25(30)21(18)16-23(27)28/h2-16,29-30H,1H3. The minimum Gasteiger partial charge on any atom is -0.507 e. The number of phenols is 2. The zero-order valence-electron chi connectivity index (χ0n) is 17.4. The molecular formula is C28H20O4. The van der Waals surface area contributed by atoms with Crippen molar-refractivity contribution >= 4 is 21.5 Å². The molecule has 0 atom stereocenters. The van der Waals surface area contributed by atoms with Crippen molar-refractivity contribution in [3.05, 3.63) is 108 Å². The molecule has 32 heavy (non-hydrogen) atoms. The van der Waals surface area contributed by atoms with Crippen LogP contribution < -0.4 is 4.74 Å². The first kappa shape index (κ1) is 18.7. The second-order valence-electron chi connectivity index (χ2n) is 8.05. The molecule has 0 aliphatic carbocycles. The van der Waals surface area contributed by atoms with E-state index in [2.05, 4.69) is 0 Å². The van der Waals surface area contributed by atoms with Crippen LogP contribution in [0, 0.1) is 0 Å². The molecule has 0 saturated carbocycles. The predicted molar refractivity (Wildman–Crippen MR) is 125 cm³/mol. The van der Waals surface area contributed by atoms with Gasteiger partial charge in [-0.2, -0.15) is 0 Å². The van der Waals surface area contributed by atoms with E-state index in [0.29, 0.717) is 11.5 Å². The van der Waals surface area contributed by atoms with Gasteiger partial charge in [0.1, 0.15) is 23.0 Å². The molecule has 4 nitrogen and oxygen atoms in total. The van der Waals surface area contributed by atoms with Crippen LogP contribution in [0.15, 0.2) is 91.0 Å². The number of ether oxygens (including phenoxy) is 2. The number of methoxy groups -OCH3 is 1. The van der Waals surface area contributed by atoms with Crippen molar-refractivity contribution < 1.29 is 19.7 Å². The van der Waals surface area contributed by atoms with Gasteiger partial charge in [-0.05, 0) is 52.7 Å². The summed E-state index contributed by atoms with van der Waals surface area (Å²) in [7, 11) is 1.68. The molecule has 0 aromatic heterocycles. The van der Waals surface area contributed by atoms with Crippen LogP contribution in [0.2, 0.25) is 0 Å². The molecule has 0 radical (unpaired) electrons. The Morgan fingerprint density at radius 2 is 1.19 bits per heavy atom. The van der Waals surface area contributed by atoms with E-state index in [1.165, 1.54) is 0 Å². The summed E-state index contributed by atoms with van der Waals surface area (Å²) in [5.41, 5.74) is 1.53. The molecule has 0 spiro atoms. The van der Waals surface area contributed by atoms with Gasteiger partial charge in [0.2, 0.25) is 0 Å². The molecule has 5 aromatic rings. The normalized spacial score (nSPS) is 14.0. The number of rotatable bonds is 2. The summed E-state index contributed by atoms with van der Waals surface area (Å²) in [5, 5.41) is 24.3. The smallest absolute Gasteiger partial charge is 0.150 e. The lowest BCUT2D eigenvalue weighted by Gasteiger charge is -2.40. The highest BCUT2D eigenvalue weighted by atomic mass is 16.5. The molecule has 6 rings (SSSR count). The molecule has 1 heterocycles. The first-order chi connectivity index (χ1) is 15.6. The average molecular weight is 420 g/mol. The largest absolute Gasteiger partial charge is 0.507 e. The van der Waals surface area contributed by atoms with E-state index in [1.54, 1.807) is 19.2 Å². The SMILES string of the molecule is COC1(c2ccccc2)c2cc3c(O)cccc3cc2Oc2cc3cccc(O)c3cc21. The fraction of sp³-hybridized carbons (Fsp3) is 0.0714. The predicted octanol–water partition coefficient (Wildman–Crippen LogP) is 6.45. The molecule has 1 aliphatic rings. The summed E-state index contributed by atoms with van der Waals surface area (Å²) >= 11 is 0. The van der Waals surface area contributed by atoms with Crippen LogP contribution in [-0.2, 0) is 10.3 Å². The van der Waals surface area contributed by atoms with Gasteiger partial charge in [-0.15, -0.1) is 0 Å². The van der Waals surface area contributed by atoms with E-state index in [9.17, 15) is 10.2 Å². The van der Waals surface area contributed by atoms with E-state index in [-0.39, 0.29) is 11.5 Å². The highest BCUT2D eigenvalue weighted by Crippen LogP contribution is 2.54. The van der Waals surface area contributed by atoms with Gasteiger partial charge in [0, 0.05) is 29.0 Å². The molecule has 1 aliphatic heterocycles. The number of hydrogen-bond donors (Lipinski definition) is 2. The quantitative estimate of drug-likeness (QED) is 0.345. The second-order valence-corrected chi connectivity index (χ2v) is 8.05. The third-order valence-electron chi connectivity index (χ3n) is 6.38. The maximum atomic E-state index is 10.5. The molecule has 0 fully saturated rings. The van der Waals surface area contributed by atoms with Crippen LogP contribution in [0.5, 0.6) is 23.0 Å². The third kappa shape index (κ3) is 2.47. The first-order valence-electron chi connectivity index (χ1n) is 10.4. The van der Waals surface area contributed by atoms with Gasteiger partial charge in [-0.1, -0.05) is 54.6 Å². The maximum absolute atomic E-state index is 10.5. The van der Waals surface area contributed by atoms with Gasteiger partial charge in [-0.25, -0.2) is 0 Å². The highest BCUT2D eigenvalue weighted by Gasteiger charge is 2.45. The van der Waals surface area contributed by atoms with E-state index in [0.717, 1.165) is 38.2 Å². The molecule has 5 aromatic carbocycles. The molecule has 4 heteroatoms. The van der Waals surface area contributed by atoms with Gasteiger partial charge >= 0.3 is 0 Å². The van der Waals surface area contributed by atoms with E-state index in [1.807, 2.05) is 78.9 Å². The van der Waals surface area contributed by atoms with Gasteiger partial charge in [0.25, 0.3) is 0 Å². The van der Waals surface area contributed by atoms with Gasteiger partial charge in [0.05, 0.1) is 0 Å². The average Bonchev–Trinajstić information content (AvgIpc) is 2.82. The first-order valence-corrected chi connectivity index (χ1v) is 10.4. The van der Waals surface area contributed by atoms with Gasteiger partial charge in [0.15, 0.2) is 5.60 Å². The zero-order valence-corrected chi connectivity index (χ0v) is 17.4. The Labute approximate surface area is 184 Å². The molecule has 2 N–H and O–H groups in total. The highest BCUT2D eigenvalue weighted by molar-refractivity contribution is 5.94. The van der Waals surface area contributed by atoms with Crippen LogP contribution in [0.4, 0.5) is 0 Å². The van der Waals surface area contributed by atoms with Gasteiger partial charge < -0.3 is 19.7 Å². The Bertz CT molecular complexity index is 1410. The minimum absolute atomic E-state index is 0.199. The fourth-order valence-electron chi connectivity index (χ4n) is 4.88. The molecule has 0 unspecified atom stereocenters. The van der Waals surface area contributed by atoms with Crippen molar-refractivity contribution in [2.24, 2.45) is 0 Å². The Morgan fingerprint density at radius 1 is 0.656 bits per heavy atom. The zero-order chi connectivity index (χ0) is 21.9. The topological polar surface area (TPSA) is 58.9 Å². The van der Waals surface area contributed by atoms with Crippen molar-refractivity contribution in [3.8, 4) is 23.0 Å². The van der Waals surface area contributed by atoms with Crippen LogP contribution in [0.3, 0.4) is 0 Å². The summed E-state index contributed by atoms with van der Waals surface area (Å²) in [4.78, 5) is 0. The summed E-state index contributed by atoms with van der Waals surface area (Å²) in [6.45, 7) is 0. The fourth-order valence-corrected chi connectivity index (χ4v) is 4.88. The Kier molecular flexibility index (Phi) is 3.94. The lowest BCUT2D eigenvalue weighted by atomic mass is 9.76. The van der Waals surface area contributed by atoms with E-state index < -0.39 is 5.60 Å². The maximum Gasteiger partial charge on any atom is 0.150 e. The molecule has 0 amide bonds. The van der Waals surface area contributed by atoms with E-state index >= 15 is 0 Å².